The lowest BCUT2D eigenvalue weighted by Gasteiger charge is -2.09. The van der Waals surface area contributed by atoms with E-state index in [4.69, 9.17) is 16.3 Å². The SMILES string of the molecule is Clc1ccc(Br)cc1OCCNCc1cccnc1. The summed E-state index contributed by atoms with van der Waals surface area (Å²) in [6.45, 7) is 2.09. The van der Waals surface area contributed by atoms with Crippen LogP contribution in [-0.2, 0) is 6.54 Å². The summed E-state index contributed by atoms with van der Waals surface area (Å²) >= 11 is 9.42. The monoisotopic (exact) mass is 340 g/mol. The Morgan fingerprint density at radius 3 is 3.00 bits per heavy atom. The molecular weight excluding hydrogens is 328 g/mol. The molecule has 0 aliphatic rings. The Morgan fingerprint density at radius 1 is 1.32 bits per heavy atom. The summed E-state index contributed by atoms with van der Waals surface area (Å²) < 4.78 is 6.57. The number of nitrogens with zero attached hydrogens (tertiary/aromatic N) is 1. The van der Waals surface area contributed by atoms with Crippen molar-refractivity contribution in [1.29, 1.82) is 0 Å². The number of pyridine rings is 1. The maximum atomic E-state index is 6.03. The van der Waals surface area contributed by atoms with Crippen molar-refractivity contribution in [2.45, 2.75) is 6.54 Å². The van der Waals surface area contributed by atoms with Gasteiger partial charge in [0.05, 0.1) is 5.02 Å². The van der Waals surface area contributed by atoms with Crippen LogP contribution >= 0.6 is 27.5 Å². The van der Waals surface area contributed by atoms with Crippen molar-refractivity contribution in [3.8, 4) is 5.75 Å². The zero-order chi connectivity index (χ0) is 13.5. The van der Waals surface area contributed by atoms with Crippen LogP contribution in [0.25, 0.3) is 0 Å². The van der Waals surface area contributed by atoms with Gasteiger partial charge in [0, 0.05) is 30.0 Å². The number of rotatable bonds is 6. The predicted octanol–water partition coefficient (Wildman–Crippen LogP) is 3.67. The average molecular weight is 342 g/mol. The molecule has 1 aromatic heterocycles. The van der Waals surface area contributed by atoms with E-state index in [0.717, 1.165) is 23.1 Å². The van der Waals surface area contributed by atoms with Gasteiger partial charge in [0.1, 0.15) is 12.4 Å². The quantitative estimate of drug-likeness (QED) is 0.814. The number of hydrogen-bond donors (Lipinski definition) is 1. The predicted molar refractivity (Wildman–Crippen MR) is 80.6 cm³/mol. The lowest BCUT2D eigenvalue weighted by molar-refractivity contribution is 0.313. The van der Waals surface area contributed by atoms with Crippen LogP contribution in [0.1, 0.15) is 5.56 Å². The first-order valence-electron chi connectivity index (χ1n) is 5.93. The van der Waals surface area contributed by atoms with Gasteiger partial charge in [-0.2, -0.15) is 0 Å². The summed E-state index contributed by atoms with van der Waals surface area (Å²) in [7, 11) is 0. The highest BCUT2D eigenvalue weighted by Gasteiger charge is 2.01. The minimum atomic E-state index is 0.566. The van der Waals surface area contributed by atoms with Crippen molar-refractivity contribution in [2.24, 2.45) is 0 Å². The van der Waals surface area contributed by atoms with Gasteiger partial charge in [-0.1, -0.05) is 33.6 Å². The fraction of sp³-hybridized carbons (Fsp3) is 0.214. The van der Waals surface area contributed by atoms with Crippen LogP contribution in [0.3, 0.4) is 0 Å². The Bertz CT molecular complexity index is 522. The minimum absolute atomic E-state index is 0.566. The van der Waals surface area contributed by atoms with Crippen molar-refractivity contribution < 1.29 is 4.74 Å². The van der Waals surface area contributed by atoms with E-state index in [0.29, 0.717) is 17.4 Å². The zero-order valence-electron chi connectivity index (χ0n) is 10.3. The first-order valence-corrected chi connectivity index (χ1v) is 7.10. The molecule has 0 saturated heterocycles. The number of halogens is 2. The third-order valence-electron chi connectivity index (χ3n) is 2.48. The molecule has 2 aromatic rings. The summed E-state index contributed by atoms with van der Waals surface area (Å²) in [5.74, 6) is 0.694. The van der Waals surface area contributed by atoms with E-state index in [-0.39, 0.29) is 0 Å². The van der Waals surface area contributed by atoms with Gasteiger partial charge < -0.3 is 10.1 Å². The third kappa shape index (κ3) is 4.82. The standard InChI is InChI=1S/C14H14BrClN2O/c15-12-3-4-13(16)14(8-12)19-7-6-18-10-11-2-1-5-17-9-11/h1-5,8-9,18H,6-7,10H2. The van der Waals surface area contributed by atoms with E-state index in [1.807, 2.05) is 36.5 Å². The van der Waals surface area contributed by atoms with Gasteiger partial charge in [0.15, 0.2) is 0 Å². The molecule has 100 valence electrons. The van der Waals surface area contributed by atoms with Crippen molar-refractivity contribution in [3.05, 3.63) is 57.8 Å². The Hall–Kier alpha value is -1.10. The Balaban J connectivity index is 1.71. The lowest BCUT2D eigenvalue weighted by Crippen LogP contribution is -2.20. The smallest absolute Gasteiger partial charge is 0.139 e. The molecule has 0 saturated carbocycles. The average Bonchev–Trinajstić information content (AvgIpc) is 2.43. The zero-order valence-corrected chi connectivity index (χ0v) is 12.6. The summed E-state index contributed by atoms with van der Waals surface area (Å²) in [5, 5.41) is 3.91. The van der Waals surface area contributed by atoms with Crippen LogP contribution in [0.4, 0.5) is 0 Å². The molecule has 0 aliphatic carbocycles. The number of nitrogens with one attached hydrogen (secondary N) is 1. The van der Waals surface area contributed by atoms with Crippen LogP contribution < -0.4 is 10.1 Å². The molecule has 0 unspecified atom stereocenters. The van der Waals surface area contributed by atoms with E-state index in [9.17, 15) is 0 Å². The molecule has 3 nitrogen and oxygen atoms in total. The fourth-order valence-corrected chi connectivity index (χ4v) is 2.07. The molecule has 0 aliphatic heterocycles. The molecule has 5 heteroatoms. The van der Waals surface area contributed by atoms with E-state index < -0.39 is 0 Å². The third-order valence-corrected chi connectivity index (χ3v) is 3.29. The van der Waals surface area contributed by atoms with Crippen molar-refractivity contribution in [1.82, 2.24) is 10.3 Å². The highest BCUT2D eigenvalue weighted by molar-refractivity contribution is 9.10. The van der Waals surface area contributed by atoms with Crippen LogP contribution in [0.5, 0.6) is 5.75 Å². The Labute approximate surface area is 126 Å². The summed E-state index contributed by atoms with van der Waals surface area (Å²) in [5.41, 5.74) is 1.16. The second-order valence-electron chi connectivity index (χ2n) is 3.96. The number of hydrogen-bond acceptors (Lipinski definition) is 3. The van der Waals surface area contributed by atoms with Gasteiger partial charge in [0.25, 0.3) is 0 Å². The first kappa shape index (κ1) is 14.3. The first-order chi connectivity index (χ1) is 9.25. The maximum absolute atomic E-state index is 6.03. The van der Waals surface area contributed by atoms with Crippen molar-refractivity contribution in [3.63, 3.8) is 0 Å². The van der Waals surface area contributed by atoms with E-state index in [1.165, 1.54) is 0 Å². The highest BCUT2D eigenvalue weighted by atomic mass is 79.9. The molecule has 0 spiro atoms. The molecule has 1 N–H and O–H groups in total. The number of ether oxygens (including phenoxy) is 1. The van der Waals surface area contributed by atoms with E-state index >= 15 is 0 Å². The Kier molecular flexibility index (Phi) is 5.63. The molecular formula is C14H14BrClN2O. The van der Waals surface area contributed by atoms with Gasteiger partial charge in [-0.25, -0.2) is 0 Å². The van der Waals surface area contributed by atoms with Gasteiger partial charge >= 0.3 is 0 Å². The minimum Gasteiger partial charge on any atom is -0.491 e. The number of benzene rings is 1. The maximum Gasteiger partial charge on any atom is 0.139 e. The second kappa shape index (κ2) is 7.48. The Morgan fingerprint density at radius 2 is 2.21 bits per heavy atom. The molecule has 2 rings (SSSR count). The summed E-state index contributed by atoms with van der Waals surface area (Å²) in [6.07, 6.45) is 3.61. The molecule has 19 heavy (non-hydrogen) atoms. The van der Waals surface area contributed by atoms with Crippen LogP contribution in [-0.4, -0.2) is 18.1 Å². The lowest BCUT2D eigenvalue weighted by atomic mass is 10.3. The number of aromatic nitrogens is 1. The van der Waals surface area contributed by atoms with Gasteiger partial charge in [-0.05, 0) is 29.8 Å². The van der Waals surface area contributed by atoms with Crippen LogP contribution in [0.15, 0.2) is 47.2 Å². The van der Waals surface area contributed by atoms with Crippen molar-refractivity contribution in [2.75, 3.05) is 13.2 Å². The normalized spacial score (nSPS) is 10.4. The van der Waals surface area contributed by atoms with Crippen LogP contribution in [0.2, 0.25) is 5.02 Å². The largest absolute Gasteiger partial charge is 0.491 e. The summed E-state index contributed by atoms with van der Waals surface area (Å²) in [4.78, 5) is 4.06. The van der Waals surface area contributed by atoms with Crippen LogP contribution in [0, 0.1) is 0 Å². The summed E-state index contributed by atoms with van der Waals surface area (Å²) in [6, 6.07) is 9.52. The molecule has 0 fully saturated rings. The molecule has 0 bridgehead atoms. The van der Waals surface area contributed by atoms with Crippen molar-refractivity contribution >= 4 is 27.5 Å². The van der Waals surface area contributed by atoms with Gasteiger partial charge in [-0.3, -0.25) is 4.98 Å². The van der Waals surface area contributed by atoms with Gasteiger partial charge in [0.2, 0.25) is 0 Å². The fourth-order valence-electron chi connectivity index (χ4n) is 1.56. The van der Waals surface area contributed by atoms with E-state index in [2.05, 4.69) is 26.2 Å². The molecule has 0 amide bonds. The molecule has 1 heterocycles. The molecule has 0 radical (unpaired) electrons. The van der Waals surface area contributed by atoms with E-state index in [1.54, 1.807) is 6.20 Å². The van der Waals surface area contributed by atoms with Gasteiger partial charge in [-0.15, -0.1) is 0 Å². The molecule has 1 aromatic carbocycles. The second-order valence-corrected chi connectivity index (χ2v) is 5.28. The molecule has 0 atom stereocenters. The highest BCUT2D eigenvalue weighted by Crippen LogP contribution is 2.27. The topological polar surface area (TPSA) is 34.1 Å².